The Morgan fingerprint density at radius 2 is 2.25 bits per heavy atom. The van der Waals surface area contributed by atoms with Gasteiger partial charge in [-0.1, -0.05) is 0 Å². The summed E-state index contributed by atoms with van der Waals surface area (Å²) in [7, 11) is 0. The first-order valence-electron chi connectivity index (χ1n) is 9.47. The van der Waals surface area contributed by atoms with Crippen molar-refractivity contribution in [2.45, 2.75) is 37.8 Å². The molecule has 1 amide bonds. The minimum Gasteiger partial charge on any atom is -0.459 e. The van der Waals surface area contributed by atoms with Crippen LogP contribution in [0.1, 0.15) is 36.2 Å². The van der Waals surface area contributed by atoms with Gasteiger partial charge in [-0.2, -0.15) is 10.1 Å². The van der Waals surface area contributed by atoms with Crippen molar-refractivity contribution in [3.05, 3.63) is 24.1 Å². The minimum absolute atomic E-state index is 0.0142. The fourth-order valence-corrected chi connectivity index (χ4v) is 3.47. The molecule has 2 fully saturated rings. The van der Waals surface area contributed by atoms with Crippen LogP contribution in [0.3, 0.4) is 0 Å². The molecule has 3 aromatic rings. The van der Waals surface area contributed by atoms with E-state index in [0.29, 0.717) is 34.4 Å². The Morgan fingerprint density at radius 3 is 3.07 bits per heavy atom. The van der Waals surface area contributed by atoms with Crippen LogP contribution in [0, 0.1) is 0 Å². The lowest BCUT2D eigenvalue weighted by molar-refractivity contribution is 0.0946. The summed E-state index contributed by atoms with van der Waals surface area (Å²) in [5.74, 6) is 1.30. The van der Waals surface area contributed by atoms with Gasteiger partial charge in [-0.3, -0.25) is 9.89 Å². The second-order valence-electron chi connectivity index (χ2n) is 7.22. The molecule has 4 heterocycles. The predicted octanol–water partition coefficient (Wildman–Crippen LogP) is 1.54. The standard InChI is InChI=1S/C18H21N7O3/c26-9-11-2-1-6-25(11)18-20-12-5-7-28-15(12)16(22-18)21-14-8-13(23-24-14)17(27)19-10-3-4-10/h5,7-8,10-11,26H,1-4,6,9H2,(H,19,27)(H2,20,21,22,23,24)/t11-/m0/s1. The van der Waals surface area contributed by atoms with Crippen LogP contribution < -0.4 is 15.5 Å². The van der Waals surface area contributed by atoms with E-state index in [1.165, 1.54) is 0 Å². The van der Waals surface area contributed by atoms with Crippen LogP contribution in [0.5, 0.6) is 0 Å². The first-order valence-corrected chi connectivity index (χ1v) is 9.47. The fraction of sp³-hybridized carbons (Fsp3) is 0.444. The third-order valence-electron chi connectivity index (χ3n) is 5.12. The average Bonchev–Trinajstić information content (AvgIpc) is 3.11. The molecule has 28 heavy (non-hydrogen) atoms. The van der Waals surface area contributed by atoms with Crippen LogP contribution in [0.2, 0.25) is 0 Å². The molecule has 0 unspecified atom stereocenters. The van der Waals surface area contributed by atoms with E-state index in [9.17, 15) is 9.90 Å². The first kappa shape index (κ1) is 17.0. The van der Waals surface area contributed by atoms with Crippen molar-refractivity contribution in [3.8, 4) is 0 Å². The lowest BCUT2D eigenvalue weighted by Crippen LogP contribution is -2.33. The van der Waals surface area contributed by atoms with Crippen molar-refractivity contribution in [1.29, 1.82) is 0 Å². The van der Waals surface area contributed by atoms with Gasteiger partial charge >= 0.3 is 0 Å². The number of carbonyl (C=O) groups excluding carboxylic acids is 1. The number of H-pyrrole nitrogens is 1. The summed E-state index contributed by atoms with van der Waals surface area (Å²) in [5.41, 5.74) is 1.56. The zero-order valence-electron chi connectivity index (χ0n) is 15.2. The van der Waals surface area contributed by atoms with Gasteiger partial charge in [-0.15, -0.1) is 0 Å². The van der Waals surface area contributed by atoms with E-state index >= 15 is 0 Å². The molecule has 1 aliphatic heterocycles. The number of fused-ring (bicyclic) bond motifs is 1. The summed E-state index contributed by atoms with van der Waals surface area (Å²) in [6, 6.07) is 3.70. The Kier molecular flexibility index (Phi) is 4.12. The highest BCUT2D eigenvalue weighted by atomic mass is 16.3. The van der Waals surface area contributed by atoms with Crippen LogP contribution in [0.25, 0.3) is 11.1 Å². The molecule has 0 radical (unpaired) electrons. The molecule has 3 aromatic heterocycles. The number of nitrogens with zero attached hydrogens (tertiary/aromatic N) is 4. The summed E-state index contributed by atoms with van der Waals surface area (Å²) in [6.45, 7) is 0.857. The number of hydrogen-bond donors (Lipinski definition) is 4. The Bertz CT molecular complexity index is 1010. The highest BCUT2D eigenvalue weighted by Gasteiger charge is 2.28. The quantitative estimate of drug-likeness (QED) is 0.504. The third kappa shape index (κ3) is 3.15. The maximum Gasteiger partial charge on any atom is 0.269 e. The van der Waals surface area contributed by atoms with E-state index in [-0.39, 0.29) is 24.6 Å². The summed E-state index contributed by atoms with van der Waals surface area (Å²) in [5, 5.41) is 22.6. The van der Waals surface area contributed by atoms with Crippen LogP contribution in [-0.4, -0.2) is 56.4 Å². The largest absolute Gasteiger partial charge is 0.459 e. The number of amides is 1. The molecule has 0 aromatic carbocycles. The molecule has 0 spiro atoms. The van der Waals surface area contributed by atoms with Gasteiger partial charge < -0.3 is 25.1 Å². The Balaban J connectivity index is 1.43. The number of hydrogen-bond acceptors (Lipinski definition) is 8. The molecule has 1 saturated carbocycles. The Hall–Kier alpha value is -3.14. The van der Waals surface area contributed by atoms with Gasteiger partial charge in [0.05, 0.1) is 18.9 Å². The smallest absolute Gasteiger partial charge is 0.269 e. The number of anilines is 3. The van der Waals surface area contributed by atoms with E-state index in [1.54, 1.807) is 18.4 Å². The maximum atomic E-state index is 12.1. The van der Waals surface area contributed by atoms with Crippen molar-refractivity contribution in [3.63, 3.8) is 0 Å². The van der Waals surface area contributed by atoms with Gasteiger partial charge in [0.1, 0.15) is 11.2 Å². The zero-order chi connectivity index (χ0) is 19.1. The molecule has 5 rings (SSSR count). The maximum absolute atomic E-state index is 12.1. The van der Waals surface area contributed by atoms with Crippen LogP contribution in [0.15, 0.2) is 22.8 Å². The number of aliphatic hydroxyl groups is 1. The summed E-state index contributed by atoms with van der Waals surface area (Å²) in [4.78, 5) is 23.3. The Morgan fingerprint density at radius 1 is 1.36 bits per heavy atom. The number of nitrogens with one attached hydrogen (secondary N) is 3. The van der Waals surface area contributed by atoms with Crippen LogP contribution >= 0.6 is 0 Å². The highest BCUT2D eigenvalue weighted by Crippen LogP contribution is 2.30. The number of furan rings is 1. The van der Waals surface area contributed by atoms with Gasteiger partial charge in [0.25, 0.3) is 5.91 Å². The summed E-state index contributed by atoms with van der Waals surface area (Å²) in [6.07, 6.45) is 5.50. The zero-order valence-corrected chi connectivity index (χ0v) is 15.2. The summed E-state index contributed by atoms with van der Waals surface area (Å²) < 4.78 is 5.53. The first-order chi connectivity index (χ1) is 13.7. The molecule has 1 saturated heterocycles. The molecule has 10 nitrogen and oxygen atoms in total. The molecular formula is C18H21N7O3. The molecule has 1 atom stereocenters. The van der Waals surface area contributed by atoms with Gasteiger partial charge in [0, 0.05) is 24.7 Å². The lowest BCUT2D eigenvalue weighted by Gasteiger charge is -2.23. The van der Waals surface area contributed by atoms with E-state index in [4.69, 9.17) is 4.42 Å². The number of aromatic nitrogens is 4. The van der Waals surface area contributed by atoms with E-state index in [0.717, 1.165) is 32.2 Å². The van der Waals surface area contributed by atoms with Crippen molar-refractivity contribution in [2.24, 2.45) is 0 Å². The fourth-order valence-electron chi connectivity index (χ4n) is 3.47. The van der Waals surface area contributed by atoms with Crippen LogP contribution in [-0.2, 0) is 0 Å². The molecule has 4 N–H and O–H groups in total. The molecule has 146 valence electrons. The highest BCUT2D eigenvalue weighted by molar-refractivity contribution is 5.94. The van der Waals surface area contributed by atoms with E-state index in [2.05, 4.69) is 30.8 Å². The van der Waals surface area contributed by atoms with Crippen molar-refractivity contribution in [1.82, 2.24) is 25.5 Å². The molecule has 0 bridgehead atoms. The molecular weight excluding hydrogens is 362 g/mol. The third-order valence-corrected chi connectivity index (χ3v) is 5.12. The monoisotopic (exact) mass is 383 g/mol. The number of aliphatic hydroxyl groups excluding tert-OH is 1. The van der Waals surface area contributed by atoms with Crippen LogP contribution in [0.4, 0.5) is 17.6 Å². The molecule has 2 aliphatic rings. The SMILES string of the molecule is O=C(NC1CC1)c1cc(Nc2nc(N3CCC[C@H]3CO)nc3ccoc23)n[nH]1. The van der Waals surface area contributed by atoms with Gasteiger partial charge in [0.15, 0.2) is 17.2 Å². The number of carbonyl (C=O) groups is 1. The second kappa shape index (κ2) is 6.79. The molecule has 10 heteroatoms. The van der Waals surface area contributed by atoms with E-state index < -0.39 is 0 Å². The van der Waals surface area contributed by atoms with Gasteiger partial charge in [0.2, 0.25) is 5.95 Å². The topological polar surface area (TPSA) is 132 Å². The van der Waals surface area contributed by atoms with Crippen molar-refractivity contribution < 1.29 is 14.3 Å². The van der Waals surface area contributed by atoms with E-state index in [1.807, 2.05) is 4.90 Å². The van der Waals surface area contributed by atoms with Gasteiger partial charge in [-0.25, -0.2) is 4.98 Å². The van der Waals surface area contributed by atoms with Crippen molar-refractivity contribution in [2.75, 3.05) is 23.4 Å². The minimum atomic E-state index is -0.169. The number of aromatic amines is 1. The Labute approximate surface area is 160 Å². The lowest BCUT2D eigenvalue weighted by atomic mass is 10.2. The van der Waals surface area contributed by atoms with Crippen molar-refractivity contribution >= 4 is 34.6 Å². The van der Waals surface area contributed by atoms with Gasteiger partial charge in [-0.05, 0) is 25.7 Å². The second-order valence-corrected chi connectivity index (χ2v) is 7.22. The number of rotatable bonds is 6. The predicted molar refractivity (Wildman–Crippen MR) is 102 cm³/mol. The average molecular weight is 383 g/mol. The molecule has 1 aliphatic carbocycles. The normalized spacial score (nSPS) is 19.3. The summed E-state index contributed by atoms with van der Waals surface area (Å²) >= 11 is 0.